The Morgan fingerprint density at radius 1 is 1.17 bits per heavy atom. The van der Waals surface area contributed by atoms with Crippen LogP contribution in [0, 0.1) is 0 Å². The molecule has 0 bridgehead atoms. The molecule has 3 rings (SSSR count). The highest BCUT2D eigenvalue weighted by atomic mass is 16.7. The summed E-state index contributed by atoms with van der Waals surface area (Å²) < 4.78 is 10.4. The molecule has 7 heteroatoms. The van der Waals surface area contributed by atoms with Crippen LogP contribution < -0.4 is 20.1 Å². The average Bonchev–Trinajstić information content (AvgIpc) is 3.08. The molecule has 2 heterocycles. The van der Waals surface area contributed by atoms with Gasteiger partial charge in [0, 0.05) is 18.0 Å². The van der Waals surface area contributed by atoms with E-state index in [0.29, 0.717) is 17.1 Å². The smallest absolute Gasteiger partial charge is 0.251 e. The fourth-order valence-corrected chi connectivity index (χ4v) is 2.33. The summed E-state index contributed by atoms with van der Waals surface area (Å²) >= 11 is 0. The van der Waals surface area contributed by atoms with Crippen LogP contribution in [0.25, 0.3) is 0 Å². The third kappa shape index (κ3) is 3.62. The summed E-state index contributed by atoms with van der Waals surface area (Å²) in [6.45, 7) is 1.91. The maximum atomic E-state index is 12.1. The maximum absolute atomic E-state index is 12.1. The first-order valence-electron chi connectivity index (χ1n) is 7.50. The first-order valence-corrected chi connectivity index (χ1v) is 7.50. The summed E-state index contributed by atoms with van der Waals surface area (Å²) in [4.78, 5) is 28.0. The minimum Gasteiger partial charge on any atom is -0.454 e. The summed E-state index contributed by atoms with van der Waals surface area (Å²) in [6.07, 6.45) is 3.33. The molecule has 0 spiro atoms. The molecule has 2 amide bonds. The Morgan fingerprint density at radius 2 is 1.92 bits per heavy atom. The van der Waals surface area contributed by atoms with Crippen molar-refractivity contribution >= 4 is 11.8 Å². The average molecular weight is 327 g/mol. The van der Waals surface area contributed by atoms with Gasteiger partial charge in [-0.15, -0.1) is 0 Å². The van der Waals surface area contributed by atoms with Gasteiger partial charge in [-0.25, -0.2) is 0 Å². The summed E-state index contributed by atoms with van der Waals surface area (Å²) in [6, 6.07) is 8.38. The monoisotopic (exact) mass is 327 g/mol. The number of hydrogen-bond donors (Lipinski definition) is 2. The Morgan fingerprint density at radius 3 is 2.71 bits per heavy atom. The van der Waals surface area contributed by atoms with Gasteiger partial charge in [-0.3, -0.25) is 14.6 Å². The van der Waals surface area contributed by atoms with E-state index >= 15 is 0 Å². The van der Waals surface area contributed by atoms with E-state index < -0.39 is 0 Å². The normalized spacial score (nSPS) is 13.2. The van der Waals surface area contributed by atoms with Crippen LogP contribution in [0.1, 0.15) is 28.9 Å². The maximum Gasteiger partial charge on any atom is 0.251 e. The molecule has 0 saturated heterocycles. The summed E-state index contributed by atoms with van der Waals surface area (Å²) in [5, 5.41) is 5.41. The van der Waals surface area contributed by atoms with Gasteiger partial charge in [-0.05, 0) is 42.8 Å². The van der Waals surface area contributed by atoms with Crippen molar-refractivity contribution in [3.05, 3.63) is 53.9 Å². The van der Waals surface area contributed by atoms with Crippen LogP contribution in [-0.2, 0) is 4.79 Å². The number of hydrogen-bond acceptors (Lipinski definition) is 5. The van der Waals surface area contributed by atoms with Gasteiger partial charge in [0.25, 0.3) is 5.91 Å². The van der Waals surface area contributed by atoms with Crippen molar-refractivity contribution in [3.63, 3.8) is 0 Å². The number of ether oxygens (including phenoxy) is 2. The fraction of sp³-hybridized carbons (Fsp3) is 0.235. The summed E-state index contributed by atoms with van der Waals surface area (Å²) in [5.74, 6) is 0.516. The van der Waals surface area contributed by atoms with Crippen LogP contribution in [0.15, 0.2) is 42.7 Å². The molecule has 1 aromatic carbocycles. The van der Waals surface area contributed by atoms with Gasteiger partial charge < -0.3 is 20.1 Å². The molecule has 0 fully saturated rings. The number of fused-ring (bicyclic) bond motifs is 1. The van der Waals surface area contributed by atoms with E-state index in [4.69, 9.17) is 9.47 Å². The van der Waals surface area contributed by atoms with Gasteiger partial charge in [-0.2, -0.15) is 0 Å². The Balaban J connectivity index is 1.51. The third-order valence-electron chi connectivity index (χ3n) is 3.63. The lowest BCUT2D eigenvalue weighted by atomic mass is 10.1. The zero-order valence-electron chi connectivity index (χ0n) is 13.1. The van der Waals surface area contributed by atoms with E-state index in [1.54, 1.807) is 30.6 Å². The highest BCUT2D eigenvalue weighted by Crippen LogP contribution is 2.32. The highest BCUT2D eigenvalue weighted by molar-refractivity contribution is 5.97. The van der Waals surface area contributed by atoms with Crippen molar-refractivity contribution in [3.8, 4) is 11.5 Å². The number of carbonyl (C=O) groups is 2. The van der Waals surface area contributed by atoms with Gasteiger partial charge in [0.1, 0.15) is 0 Å². The van der Waals surface area contributed by atoms with Crippen molar-refractivity contribution in [1.29, 1.82) is 0 Å². The van der Waals surface area contributed by atoms with Crippen LogP contribution in [0.4, 0.5) is 0 Å². The zero-order chi connectivity index (χ0) is 16.9. The molecular weight excluding hydrogens is 310 g/mol. The minimum atomic E-state index is -0.347. The second-order valence-electron chi connectivity index (χ2n) is 5.32. The quantitative estimate of drug-likeness (QED) is 0.867. The van der Waals surface area contributed by atoms with Crippen molar-refractivity contribution in [2.24, 2.45) is 0 Å². The van der Waals surface area contributed by atoms with Crippen molar-refractivity contribution in [2.45, 2.75) is 13.0 Å². The number of amides is 2. The first-order chi connectivity index (χ1) is 11.6. The van der Waals surface area contributed by atoms with E-state index in [0.717, 1.165) is 5.56 Å². The van der Waals surface area contributed by atoms with Crippen LogP contribution in [-0.4, -0.2) is 30.1 Å². The molecular formula is C17H17N3O4. The SMILES string of the molecule is CC(NC(=O)CNC(=O)c1ccc2c(c1)OCO2)c1ccncc1. The zero-order valence-corrected chi connectivity index (χ0v) is 13.1. The molecule has 1 aliphatic heterocycles. The Labute approximate surface area is 139 Å². The second kappa shape index (κ2) is 6.99. The van der Waals surface area contributed by atoms with Crippen LogP contribution in [0.3, 0.4) is 0 Å². The molecule has 0 radical (unpaired) electrons. The standard InChI is InChI=1S/C17H17N3O4/c1-11(12-4-6-18-7-5-12)20-16(21)9-19-17(22)13-2-3-14-15(8-13)24-10-23-14/h2-8,11H,9-10H2,1H3,(H,19,22)(H,20,21). The van der Waals surface area contributed by atoms with Crippen LogP contribution in [0.5, 0.6) is 11.5 Å². The fourth-order valence-electron chi connectivity index (χ4n) is 2.33. The number of rotatable bonds is 5. The van der Waals surface area contributed by atoms with Crippen molar-refractivity contribution < 1.29 is 19.1 Å². The van der Waals surface area contributed by atoms with E-state index in [1.807, 2.05) is 19.1 Å². The van der Waals surface area contributed by atoms with Crippen molar-refractivity contribution in [2.75, 3.05) is 13.3 Å². The number of aromatic nitrogens is 1. The summed E-state index contributed by atoms with van der Waals surface area (Å²) in [5.41, 5.74) is 1.36. The Bertz CT molecular complexity index is 749. The van der Waals surface area contributed by atoms with Gasteiger partial charge in [0.15, 0.2) is 11.5 Å². The lowest BCUT2D eigenvalue weighted by Gasteiger charge is -2.14. The number of carbonyl (C=O) groups excluding carboxylic acids is 2. The Hall–Kier alpha value is -3.09. The largest absolute Gasteiger partial charge is 0.454 e. The van der Waals surface area contributed by atoms with E-state index in [9.17, 15) is 9.59 Å². The van der Waals surface area contributed by atoms with E-state index in [2.05, 4.69) is 15.6 Å². The predicted molar refractivity (Wildman–Crippen MR) is 85.7 cm³/mol. The third-order valence-corrected chi connectivity index (χ3v) is 3.63. The molecule has 24 heavy (non-hydrogen) atoms. The van der Waals surface area contributed by atoms with Gasteiger partial charge >= 0.3 is 0 Å². The molecule has 0 aliphatic carbocycles. The second-order valence-corrected chi connectivity index (χ2v) is 5.32. The minimum absolute atomic E-state index is 0.108. The lowest BCUT2D eigenvalue weighted by molar-refractivity contribution is -0.120. The highest BCUT2D eigenvalue weighted by Gasteiger charge is 2.17. The molecule has 2 aromatic rings. The first kappa shape index (κ1) is 15.8. The van der Waals surface area contributed by atoms with Gasteiger partial charge in [-0.1, -0.05) is 0 Å². The number of nitrogens with zero attached hydrogens (tertiary/aromatic N) is 1. The van der Waals surface area contributed by atoms with Crippen LogP contribution in [0.2, 0.25) is 0 Å². The molecule has 7 nitrogen and oxygen atoms in total. The number of pyridine rings is 1. The van der Waals surface area contributed by atoms with Gasteiger partial charge in [0.2, 0.25) is 12.7 Å². The molecule has 0 saturated carbocycles. The Kier molecular flexibility index (Phi) is 4.60. The topological polar surface area (TPSA) is 89.6 Å². The predicted octanol–water partition coefficient (Wildman–Crippen LogP) is 1.42. The van der Waals surface area contributed by atoms with Crippen molar-refractivity contribution in [1.82, 2.24) is 15.6 Å². The molecule has 1 atom stereocenters. The van der Waals surface area contributed by atoms with E-state index in [-0.39, 0.29) is 31.2 Å². The van der Waals surface area contributed by atoms with E-state index in [1.165, 1.54) is 0 Å². The molecule has 1 unspecified atom stereocenters. The number of nitrogens with one attached hydrogen (secondary N) is 2. The van der Waals surface area contributed by atoms with Gasteiger partial charge in [0.05, 0.1) is 12.6 Å². The molecule has 124 valence electrons. The summed E-state index contributed by atoms with van der Waals surface area (Å²) in [7, 11) is 0. The van der Waals surface area contributed by atoms with Crippen LogP contribution >= 0.6 is 0 Å². The number of benzene rings is 1. The molecule has 1 aliphatic rings. The molecule has 2 N–H and O–H groups in total. The lowest BCUT2D eigenvalue weighted by Crippen LogP contribution is -2.38. The molecule has 1 aromatic heterocycles.